The molecule has 0 radical (unpaired) electrons. The van der Waals surface area contributed by atoms with Gasteiger partial charge in [-0.3, -0.25) is 19.1 Å². The Morgan fingerprint density at radius 2 is 2.03 bits per heavy atom. The molecular formula is C23H23ClFN5O3. The van der Waals surface area contributed by atoms with Crippen molar-refractivity contribution in [1.82, 2.24) is 14.9 Å². The summed E-state index contributed by atoms with van der Waals surface area (Å²) in [7, 11) is 1.85. The van der Waals surface area contributed by atoms with Crippen molar-refractivity contribution in [3.63, 3.8) is 0 Å². The highest BCUT2D eigenvalue weighted by Gasteiger charge is 2.26. The minimum absolute atomic E-state index is 0.102. The fourth-order valence-electron chi connectivity index (χ4n) is 3.80. The van der Waals surface area contributed by atoms with Crippen molar-refractivity contribution in [3.05, 3.63) is 69.5 Å². The lowest BCUT2D eigenvalue weighted by molar-refractivity contribution is 0.0923. The normalized spacial score (nSPS) is 13.5. The van der Waals surface area contributed by atoms with E-state index in [4.69, 9.17) is 11.6 Å². The minimum Gasteiger partial charge on any atom is -0.394 e. The summed E-state index contributed by atoms with van der Waals surface area (Å²) in [4.78, 5) is 31.9. The summed E-state index contributed by atoms with van der Waals surface area (Å²) in [6.07, 6.45) is 2.95. The number of pyridine rings is 2. The second kappa shape index (κ2) is 9.21. The number of fused-ring (bicyclic) bond motifs is 1. The number of benzene rings is 1. The number of carbonyl (C=O) groups is 1. The first-order chi connectivity index (χ1) is 15.8. The van der Waals surface area contributed by atoms with Crippen LogP contribution < -0.4 is 21.1 Å². The van der Waals surface area contributed by atoms with Gasteiger partial charge < -0.3 is 20.6 Å². The Morgan fingerprint density at radius 3 is 2.79 bits per heavy atom. The molecule has 3 heterocycles. The quantitative estimate of drug-likeness (QED) is 0.511. The van der Waals surface area contributed by atoms with Gasteiger partial charge in [-0.25, -0.2) is 4.39 Å². The first-order valence-electron chi connectivity index (χ1n) is 10.4. The van der Waals surface area contributed by atoms with E-state index in [0.717, 1.165) is 0 Å². The molecule has 1 aliphatic rings. The Hall–Kier alpha value is -3.43. The number of amides is 1. The third-order valence-corrected chi connectivity index (χ3v) is 5.72. The lowest BCUT2D eigenvalue weighted by Crippen LogP contribution is -2.35. The van der Waals surface area contributed by atoms with Gasteiger partial charge >= 0.3 is 0 Å². The molecular weight excluding hydrogens is 449 g/mol. The number of nitrogens with zero attached hydrogens (tertiary/aromatic N) is 3. The van der Waals surface area contributed by atoms with Crippen LogP contribution >= 0.6 is 11.6 Å². The number of aliphatic hydroxyl groups is 1. The average Bonchev–Trinajstić information content (AvgIpc) is 3.20. The number of likely N-dealkylation sites (N-methyl/N-ethyl adjacent to an activating group) is 1. The second-order valence-corrected chi connectivity index (χ2v) is 8.34. The van der Waals surface area contributed by atoms with E-state index in [9.17, 15) is 19.1 Å². The maximum atomic E-state index is 14.6. The summed E-state index contributed by atoms with van der Waals surface area (Å²) in [6.45, 7) is 2.51. The van der Waals surface area contributed by atoms with E-state index in [2.05, 4.69) is 15.6 Å². The molecule has 33 heavy (non-hydrogen) atoms. The van der Waals surface area contributed by atoms with Crippen LogP contribution in [0.3, 0.4) is 0 Å². The average molecular weight is 472 g/mol. The Labute approximate surface area is 194 Å². The Kier molecular flexibility index (Phi) is 6.35. The fraction of sp³-hybridized carbons (Fsp3) is 0.261. The van der Waals surface area contributed by atoms with Crippen molar-refractivity contribution < 1.29 is 14.3 Å². The molecule has 4 rings (SSSR count). The van der Waals surface area contributed by atoms with Gasteiger partial charge in [0.1, 0.15) is 11.6 Å². The van der Waals surface area contributed by atoms with E-state index in [1.54, 1.807) is 23.6 Å². The van der Waals surface area contributed by atoms with Gasteiger partial charge in [0.15, 0.2) is 0 Å². The number of aromatic nitrogens is 2. The van der Waals surface area contributed by atoms with Crippen LogP contribution in [0.2, 0.25) is 5.02 Å². The summed E-state index contributed by atoms with van der Waals surface area (Å²) in [5.41, 5.74) is 1.17. The van der Waals surface area contributed by atoms with Crippen molar-refractivity contribution in [2.75, 3.05) is 30.4 Å². The lowest BCUT2D eigenvalue weighted by Gasteiger charge is -2.20. The first-order valence-corrected chi connectivity index (χ1v) is 10.7. The molecule has 0 spiro atoms. The van der Waals surface area contributed by atoms with Crippen molar-refractivity contribution >= 4 is 34.7 Å². The van der Waals surface area contributed by atoms with Crippen LogP contribution in [-0.4, -0.2) is 46.8 Å². The Balaban J connectivity index is 1.83. The molecule has 1 aromatic carbocycles. The zero-order valence-corrected chi connectivity index (χ0v) is 18.9. The predicted octanol–water partition coefficient (Wildman–Crippen LogP) is 3.01. The number of halogens is 2. The molecule has 3 aromatic rings. The van der Waals surface area contributed by atoms with Crippen LogP contribution in [0.5, 0.6) is 0 Å². The van der Waals surface area contributed by atoms with E-state index in [1.807, 2.05) is 11.9 Å². The number of aliphatic hydroxyl groups excluding tert-OH is 1. The van der Waals surface area contributed by atoms with Crippen LogP contribution in [0.4, 0.5) is 21.6 Å². The number of anilines is 3. The van der Waals surface area contributed by atoms with Gasteiger partial charge in [-0.05, 0) is 37.3 Å². The SMILES string of the molecule is C[C@H](CO)NC(=O)c1cnccc1Nc1cc(-c2cc(Cl)ccc2F)c(=O)n2c1N(C)CC2. The van der Waals surface area contributed by atoms with Gasteiger partial charge in [-0.2, -0.15) is 0 Å². The Morgan fingerprint density at radius 1 is 1.24 bits per heavy atom. The molecule has 0 fully saturated rings. The summed E-state index contributed by atoms with van der Waals surface area (Å²) in [6, 6.07) is 6.84. The summed E-state index contributed by atoms with van der Waals surface area (Å²) >= 11 is 6.07. The number of rotatable bonds is 6. The standard InChI is InChI=1S/C23H23ClFN5O3/c1-13(12-31)27-21(32)17-11-26-6-5-19(17)28-20-10-16(15-9-14(24)3-4-18(15)25)23(33)30-8-7-29(2)22(20)30/h3-6,9-11,13,31H,7-8,12H2,1-2H3,(H,26,28)(H,27,32)/t13-/m1/s1. The fourth-order valence-corrected chi connectivity index (χ4v) is 3.97. The molecule has 0 saturated heterocycles. The molecule has 0 unspecified atom stereocenters. The van der Waals surface area contributed by atoms with Crippen LogP contribution in [0.25, 0.3) is 11.1 Å². The zero-order valence-electron chi connectivity index (χ0n) is 18.1. The smallest absolute Gasteiger partial charge is 0.260 e. The van der Waals surface area contributed by atoms with Gasteiger partial charge in [0, 0.05) is 49.2 Å². The van der Waals surface area contributed by atoms with E-state index < -0.39 is 17.8 Å². The highest BCUT2D eigenvalue weighted by Crippen LogP contribution is 2.35. The molecule has 8 nitrogen and oxygen atoms in total. The second-order valence-electron chi connectivity index (χ2n) is 7.90. The molecule has 10 heteroatoms. The van der Waals surface area contributed by atoms with Gasteiger partial charge in [0.25, 0.3) is 11.5 Å². The maximum Gasteiger partial charge on any atom is 0.260 e. The highest BCUT2D eigenvalue weighted by molar-refractivity contribution is 6.30. The molecule has 0 aliphatic carbocycles. The predicted molar refractivity (Wildman–Crippen MR) is 126 cm³/mol. The summed E-state index contributed by atoms with van der Waals surface area (Å²) in [5.74, 6) is -0.347. The first kappa shape index (κ1) is 22.8. The van der Waals surface area contributed by atoms with Crippen LogP contribution in [0.15, 0.2) is 47.5 Å². The van der Waals surface area contributed by atoms with Crippen molar-refractivity contribution in [2.24, 2.45) is 0 Å². The van der Waals surface area contributed by atoms with Crippen LogP contribution in [0, 0.1) is 5.82 Å². The number of hydrogen-bond donors (Lipinski definition) is 3. The molecule has 0 saturated carbocycles. The van der Waals surface area contributed by atoms with E-state index in [-0.39, 0.29) is 28.9 Å². The van der Waals surface area contributed by atoms with Gasteiger partial charge in [-0.15, -0.1) is 0 Å². The third-order valence-electron chi connectivity index (χ3n) is 5.49. The molecule has 0 bridgehead atoms. The van der Waals surface area contributed by atoms with Crippen LogP contribution in [-0.2, 0) is 6.54 Å². The van der Waals surface area contributed by atoms with Crippen molar-refractivity contribution in [3.8, 4) is 11.1 Å². The monoisotopic (exact) mass is 471 g/mol. The van der Waals surface area contributed by atoms with E-state index >= 15 is 0 Å². The molecule has 1 atom stereocenters. The van der Waals surface area contributed by atoms with E-state index in [1.165, 1.54) is 30.6 Å². The van der Waals surface area contributed by atoms with Crippen molar-refractivity contribution in [2.45, 2.75) is 19.5 Å². The molecule has 2 aromatic heterocycles. The molecule has 3 N–H and O–H groups in total. The zero-order chi connectivity index (χ0) is 23.7. The third kappa shape index (κ3) is 4.42. The number of hydrogen-bond acceptors (Lipinski definition) is 6. The van der Waals surface area contributed by atoms with Gasteiger partial charge in [0.2, 0.25) is 0 Å². The number of nitrogens with one attached hydrogen (secondary N) is 2. The van der Waals surface area contributed by atoms with Gasteiger partial charge in [0.05, 0.1) is 29.1 Å². The van der Waals surface area contributed by atoms with Crippen molar-refractivity contribution in [1.29, 1.82) is 0 Å². The minimum atomic E-state index is -0.559. The largest absolute Gasteiger partial charge is 0.394 e. The highest BCUT2D eigenvalue weighted by atomic mass is 35.5. The topological polar surface area (TPSA) is 99.5 Å². The maximum absolute atomic E-state index is 14.6. The molecule has 1 aliphatic heterocycles. The molecule has 1 amide bonds. The summed E-state index contributed by atoms with van der Waals surface area (Å²) < 4.78 is 16.2. The van der Waals surface area contributed by atoms with Crippen LogP contribution in [0.1, 0.15) is 17.3 Å². The van der Waals surface area contributed by atoms with E-state index in [0.29, 0.717) is 35.3 Å². The van der Waals surface area contributed by atoms with Gasteiger partial charge in [-0.1, -0.05) is 11.6 Å². The lowest BCUT2D eigenvalue weighted by atomic mass is 10.1. The number of carbonyl (C=O) groups excluding carboxylic acids is 1. The Bertz CT molecular complexity index is 1280. The summed E-state index contributed by atoms with van der Waals surface area (Å²) in [5, 5.41) is 15.5. The molecule has 172 valence electrons.